The van der Waals surface area contributed by atoms with E-state index in [1.165, 1.54) is 12.7 Å². The highest BCUT2D eigenvalue weighted by Crippen LogP contribution is 2.43. The Labute approximate surface area is 366 Å². The van der Waals surface area contributed by atoms with E-state index in [0.717, 1.165) is 101 Å². The summed E-state index contributed by atoms with van der Waals surface area (Å²) >= 11 is 7.74. The fourth-order valence-electron chi connectivity index (χ4n) is 5.86. The zero-order valence-corrected chi connectivity index (χ0v) is 38.1. The molecule has 0 unspecified atom stereocenters. The average Bonchev–Trinajstić information content (AvgIpc) is 3.95. The summed E-state index contributed by atoms with van der Waals surface area (Å²) in [5, 5.41) is 8.61. The molecule has 0 saturated carbocycles. The van der Waals surface area contributed by atoms with Gasteiger partial charge in [-0.25, -0.2) is 29.9 Å². The lowest BCUT2D eigenvalue weighted by molar-refractivity contribution is 0.173. The Balaban J connectivity index is 0.000000174. The molecule has 2 aliphatic rings. The van der Waals surface area contributed by atoms with E-state index in [1.807, 2.05) is 24.3 Å². The first kappa shape index (κ1) is 41.6. The number of nitrogens with two attached hydrogens (primary N) is 2. The SMILES string of the molecule is CC(C)(C)CNCCn1c(Sc2cc3c(cc2I)OCO3)nc2c(N)ncnc21.CC(C)NCCCn1c(Sc2cc3c(cc2I)OCO3)nc2c(N)ncnc21. The normalized spacial score (nSPS) is 13.2. The first-order valence-corrected chi connectivity index (χ1v) is 22.0. The van der Waals surface area contributed by atoms with Gasteiger partial charge in [-0.2, -0.15) is 0 Å². The zero-order chi connectivity index (χ0) is 40.3. The highest BCUT2D eigenvalue weighted by Gasteiger charge is 2.23. The first-order chi connectivity index (χ1) is 27.3. The Kier molecular flexibility index (Phi) is 13.2. The fraction of sp³-hybridized carbons (Fsp3) is 0.405. The minimum atomic E-state index is 0.226. The molecule has 2 aromatic carbocycles. The highest BCUT2D eigenvalue weighted by atomic mass is 127. The predicted molar refractivity (Wildman–Crippen MR) is 238 cm³/mol. The van der Waals surface area contributed by atoms with Gasteiger partial charge in [-0.15, -0.1) is 0 Å². The van der Waals surface area contributed by atoms with Crippen LogP contribution in [0.25, 0.3) is 22.3 Å². The van der Waals surface area contributed by atoms with Crippen LogP contribution in [-0.4, -0.2) is 78.3 Å². The molecule has 57 heavy (non-hydrogen) atoms. The average molecular weight is 1040 g/mol. The van der Waals surface area contributed by atoms with Crippen LogP contribution in [0.2, 0.25) is 0 Å². The van der Waals surface area contributed by atoms with Crippen molar-refractivity contribution in [3.05, 3.63) is 44.1 Å². The Morgan fingerprint density at radius 2 is 1.19 bits per heavy atom. The summed E-state index contributed by atoms with van der Waals surface area (Å²) in [7, 11) is 0. The Bertz CT molecular complexity index is 2390. The molecule has 0 fully saturated rings. The van der Waals surface area contributed by atoms with E-state index in [2.05, 4.69) is 120 Å². The van der Waals surface area contributed by atoms with Crippen LogP contribution < -0.4 is 41.0 Å². The molecule has 6 N–H and O–H groups in total. The molecule has 0 radical (unpaired) electrons. The van der Waals surface area contributed by atoms with Crippen LogP contribution in [0.15, 0.2) is 57.0 Å². The van der Waals surface area contributed by atoms with E-state index in [-0.39, 0.29) is 19.0 Å². The van der Waals surface area contributed by atoms with Gasteiger partial charge in [0.1, 0.15) is 12.7 Å². The van der Waals surface area contributed by atoms with Crippen molar-refractivity contribution in [2.45, 2.75) is 80.3 Å². The number of nitrogen functional groups attached to an aromatic ring is 2. The van der Waals surface area contributed by atoms with E-state index in [9.17, 15) is 0 Å². The molecular formula is C37H44I2N12O4S2. The van der Waals surface area contributed by atoms with Gasteiger partial charge >= 0.3 is 0 Å². The van der Waals surface area contributed by atoms with Crippen molar-refractivity contribution in [1.29, 1.82) is 0 Å². The summed E-state index contributed by atoms with van der Waals surface area (Å²) in [5.41, 5.74) is 15.1. The van der Waals surface area contributed by atoms with Crippen LogP contribution in [0.3, 0.4) is 0 Å². The molecule has 2 aliphatic heterocycles. The number of anilines is 2. The largest absolute Gasteiger partial charge is 0.454 e. The molecule has 0 spiro atoms. The number of benzene rings is 2. The topological polar surface area (TPSA) is 200 Å². The number of nitrogens with zero attached hydrogens (tertiary/aromatic N) is 8. The van der Waals surface area contributed by atoms with Crippen molar-refractivity contribution >= 4 is 103 Å². The van der Waals surface area contributed by atoms with E-state index in [1.54, 1.807) is 23.5 Å². The van der Waals surface area contributed by atoms with Gasteiger partial charge in [0.2, 0.25) is 13.6 Å². The van der Waals surface area contributed by atoms with Gasteiger partial charge in [-0.1, -0.05) is 58.1 Å². The van der Waals surface area contributed by atoms with Crippen molar-refractivity contribution in [2.24, 2.45) is 5.41 Å². The number of fused-ring (bicyclic) bond motifs is 4. The molecule has 6 heterocycles. The third kappa shape index (κ3) is 10.0. The number of rotatable bonds is 13. The number of imidazole rings is 2. The number of hydrogen-bond donors (Lipinski definition) is 4. The summed E-state index contributed by atoms with van der Waals surface area (Å²) in [6.45, 7) is 15.6. The van der Waals surface area contributed by atoms with Crippen molar-refractivity contribution in [3.63, 3.8) is 0 Å². The molecule has 6 aromatic rings. The van der Waals surface area contributed by atoms with Gasteiger partial charge in [-0.3, -0.25) is 0 Å². The minimum Gasteiger partial charge on any atom is -0.454 e. The summed E-state index contributed by atoms with van der Waals surface area (Å²) in [4.78, 5) is 28.6. The van der Waals surface area contributed by atoms with Crippen molar-refractivity contribution in [1.82, 2.24) is 49.7 Å². The molecule has 0 bridgehead atoms. The summed E-state index contributed by atoms with van der Waals surface area (Å²) in [6.07, 6.45) is 3.93. The second-order valence-corrected chi connectivity index (χ2v) is 19.0. The summed E-state index contributed by atoms with van der Waals surface area (Å²) in [6, 6.07) is 8.41. The van der Waals surface area contributed by atoms with Gasteiger partial charge in [0.05, 0.1) is 0 Å². The third-order valence-corrected chi connectivity index (χ3v) is 13.2. The molecular weight excluding hydrogens is 994 g/mol. The predicted octanol–water partition coefficient (Wildman–Crippen LogP) is 6.81. The number of ether oxygens (including phenoxy) is 4. The van der Waals surface area contributed by atoms with Crippen LogP contribution in [0.1, 0.15) is 41.0 Å². The molecule has 4 aromatic heterocycles. The summed E-state index contributed by atoms with van der Waals surface area (Å²) < 4.78 is 28.3. The lowest BCUT2D eigenvalue weighted by Crippen LogP contribution is -2.29. The van der Waals surface area contributed by atoms with Crippen molar-refractivity contribution < 1.29 is 18.9 Å². The maximum Gasteiger partial charge on any atom is 0.231 e. The van der Waals surface area contributed by atoms with Crippen LogP contribution >= 0.6 is 68.7 Å². The van der Waals surface area contributed by atoms with Gasteiger partial charge in [0.25, 0.3) is 0 Å². The lowest BCUT2D eigenvalue weighted by atomic mass is 9.97. The number of aryl methyl sites for hydroxylation is 1. The first-order valence-electron chi connectivity index (χ1n) is 18.3. The van der Waals surface area contributed by atoms with Crippen LogP contribution in [-0.2, 0) is 13.1 Å². The van der Waals surface area contributed by atoms with Gasteiger partial charge in [0, 0.05) is 49.2 Å². The minimum absolute atomic E-state index is 0.226. The third-order valence-electron chi connectivity index (χ3n) is 8.59. The standard InChI is InChI=1S/C19H23IN6O2S.C18H21IN6O2S/c1-19(2,3)8-22-4-5-26-17-15(16(21)23-9-24-17)25-18(26)29-14-7-13-12(6-11(14)20)27-10-28-13;1-10(2)21-4-3-5-25-17-15(16(20)22-8-23-17)24-18(25)28-14-7-13-12(6-11(14)19)26-9-27-13/h6-7,9,22H,4-5,8,10H2,1-3H3,(H2,21,23,24);6-8,10,21H,3-5,9H2,1-2H3,(H2,20,22,23). The lowest BCUT2D eigenvalue weighted by Gasteiger charge is -2.19. The van der Waals surface area contributed by atoms with Crippen molar-refractivity contribution in [2.75, 3.05) is 44.7 Å². The molecule has 0 amide bonds. The maximum absolute atomic E-state index is 6.06. The number of aromatic nitrogens is 8. The van der Waals surface area contributed by atoms with E-state index < -0.39 is 0 Å². The van der Waals surface area contributed by atoms with Gasteiger partial charge in [-0.05, 0) is 87.8 Å². The molecule has 302 valence electrons. The molecule has 0 aliphatic carbocycles. The Morgan fingerprint density at radius 1 is 0.719 bits per heavy atom. The monoisotopic (exact) mass is 1040 g/mol. The molecule has 8 rings (SSSR count). The van der Waals surface area contributed by atoms with Gasteiger partial charge in [0.15, 0.2) is 67.3 Å². The van der Waals surface area contributed by atoms with Gasteiger partial charge < -0.3 is 50.2 Å². The van der Waals surface area contributed by atoms with Crippen LogP contribution in [0, 0.1) is 12.6 Å². The second kappa shape index (κ2) is 18.1. The maximum atomic E-state index is 6.06. The second-order valence-electron chi connectivity index (χ2n) is 14.6. The van der Waals surface area contributed by atoms with E-state index >= 15 is 0 Å². The molecule has 16 nitrogen and oxygen atoms in total. The Morgan fingerprint density at radius 3 is 1.67 bits per heavy atom. The molecule has 0 atom stereocenters. The van der Waals surface area contributed by atoms with E-state index in [4.69, 9.17) is 40.4 Å². The zero-order valence-electron chi connectivity index (χ0n) is 32.1. The highest BCUT2D eigenvalue weighted by molar-refractivity contribution is 14.1. The van der Waals surface area contributed by atoms with E-state index in [0.29, 0.717) is 28.7 Å². The molecule has 20 heteroatoms. The quantitative estimate of drug-likeness (QED) is 0.0694. The fourth-order valence-corrected chi connectivity index (χ4v) is 9.28. The van der Waals surface area contributed by atoms with Crippen LogP contribution in [0.4, 0.5) is 11.6 Å². The smallest absolute Gasteiger partial charge is 0.231 e. The number of nitrogens with one attached hydrogen (secondary N) is 2. The van der Waals surface area contributed by atoms with Crippen molar-refractivity contribution in [3.8, 4) is 23.0 Å². The Hall–Kier alpha value is -3.58. The number of hydrogen-bond acceptors (Lipinski definition) is 16. The number of halogens is 2. The summed E-state index contributed by atoms with van der Waals surface area (Å²) in [5.74, 6) is 3.84. The van der Waals surface area contributed by atoms with Crippen LogP contribution in [0.5, 0.6) is 23.0 Å². The molecule has 0 saturated heterocycles.